The normalized spacial score (nSPS) is 27.5. The van der Waals surface area contributed by atoms with Gasteiger partial charge in [0.25, 0.3) is 0 Å². The van der Waals surface area contributed by atoms with Crippen LogP contribution in [0.3, 0.4) is 0 Å². The highest BCUT2D eigenvalue weighted by molar-refractivity contribution is 7.98. The molecule has 0 spiro atoms. The second kappa shape index (κ2) is 5.58. The van der Waals surface area contributed by atoms with Crippen molar-refractivity contribution in [2.75, 3.05) is 6.26 Å². The Morgan fingerprint density at radius 3 is 2.68 bits per heavy atom. The third-order valence-electron chi connectivity index (χ3n) is 4.69. The fourth-order valence-corrected chi connectivity index (χ4v) is 4.23. The van der Waals surface area contributed by atoms with Gasteiger partial charge in [-0.1, -0.05) is 23.4 Å². The second-order valence-corrected chi connectivity index (χ2v) is 7.16. The summed E-state index contributed by atoms with van der Waals surface area (Å²) in [5.74, 6) is -0.215. The lowest BCUT2D eigenvalue weighted by atomic mass is 9.88. The van der Waals surface area contributed by atoms with Gasteiger partial charge in [-0.2, -0.15) is 0 Å². The van der Waals surface area contributed by atoms with Crippen LogP contribution in [-0.2, 0) is 0 Å². The maximum absolute atomic E-state index is 14.3. The molecule has 116 valence electrons. The zero-order valence-corrected chi connectivity index (χ0v) is 13.7. The van der Waals surface area contributed by atoms with Crippen LogP contribution in [0.25, 0.3) is 10.9 Å². The first-order valence-electron chi connectivity index (χ1n) is 7.47. The highest BCUT2D eigenvalue weighted by atomic mass is 35.5. The molecule has 4 heterocycles. The van der Waals surface area contributed by atoms with E-state index in [2.05, 4.69) is 20.3 Å². The minimum atomic E-state index is -0.546. The highest BCUT2D eigenvalue weighted by Crippen LogP contribution is 2.39. The number of nitrogens with zero attached hydrogens (tertiary/aromatic N) is 3. The van der Waals surface area contributed by atoms with Crippen LogP contribution in [0, 0.1) is 5.82 Å². The SMILES string of the molecule is CSc1nc([C@@H]2C[C@H]3CC[C@@H](C2)N3)c2cnc(Cl)c(F)c2n1. The lowest BCUT2D eigenvalue weighted by Crippen LogP contribution is -2.37. The molecule has 4 rings (SSSR count). The lowest BCUT2D eigenvalue weighted by molar-refractivity contribution is 0.359. The number of rotatable bonds is 2. The first kappa shape index (κ1) is 14.6. The Balaban J connectivity index is 1.87. The Morgan fingerprint density at radius 2 is 2.00 bits per heavy atom. The molecule has 7 heteroatoms. The lowest BCUT2D eigenvalue weighted by Gasteiger charge is -2.29. The average Bonchev–Trinajstić information content (AvgIpc) is 2.88. The molecule has 22 heavy (non-hydrogen) atoms. The molecule has 0 radical (unpaired) electrons. The summed E-state index contributed by atoms with van der Waals surface area (Å²) in [5, 5.41) is 4.79. The number of halogens is 2. The predicted molar refractivity (Wildman–Crippen MR) is 86.0 cm³/mol. The third kappa shape index (κ3) is 2.37. The number of pyridine rings is 1. The number of thioether (sulfide) groups is 1. The van der Waals surface area contributed by atoms with Crippen LogP contribution in [0.15, 0.2) is 11.4 Å². The third-order valence-corrected chi connectivity index (χ3v) is 5.50. The van der Waals surface area contributed by atoms with Crippen molar-refractivity contribution in [2.24, 2.45) is 0 Å². The van der Waals surface area contributed by atoms with E-state index in [0.717, 1.165) is 18.5 Å². The van der Waals surface area contributed by atoms with Crippen molar-refractivity contribution in [2.45, 2.75) is 48.8 Å². The van der Waals surface area contributed by atoms with E-state index in [1.807, 2.05) is 6.26 Å². The minimum Gasteiger partial charge on any atom is -0.311 e. The maximum atomic E-state index is 14.3. The predicted octanol–water partition coefficient (Wildman–Crippen LogP) is 3.54. The summed E-state index contributed by atoms with van der Waals surface area (Å²) in [6.07, 6.45) is 8.04. The average molecular weight is 339 g/mol. The fraction of sp³-hybridized carbons (Fsp3) is 0.533. The standard InChI is InChI=1S/C15H16ClFN4S/c1-22-15-20-12(7-4-8-2-3-9(5-7)19-8)10-6-18-14(16)11(17)13(10)21-15/h6-9,19H,2-5H2,1H3/t7-,8-,9+. The van der Waals surface area contributed by atoms with Gasteiger partial charge >= 0.3 is 0 Å². The van der Waals surface area contributed by atoms with Gasteiger partial charge < -0.3 is 5.32 Å². The van der Waals surface area contributed by atoms with E-state index in [1.54, 1.807) is 6.20 Å². The maximum Gasteiger partial charge on any atom is 0.188 e. The van der Waals surface area contributed by atoms with Crippen LogP contribution < -0.4 is 5.32 Å². The van der Waals surface area contributed by atoms with Gasteiger partial charge in [0.15, 0.2) is 16.1 Å². The molecule has 0 amide bonds. The molecule has 0 aliphatic carbocycles. The summed E-state index contributed by atoms with van der Waals surface area (Å²) in [6.45, 7) is 0. The Labute approximate surface area is 137 Å². The molecular weight excluding hydrogens is 323 g/mol. The number of hydrogen-bond acceptors (Lipinski definition) is 5. The van der Waals surface area contributed by atoms with Crippen LogP contribution in [0.5, 0.6) is 0 Å². The Bertz CT molecular complexity index is 729. The Kier molecular flexibility index (Phi) is 3.71. The molecular formula is C15H16ClFN4S. The van der Waals surface area contributed by atoms with E-state index in [-0.39, 0.29) is 5.15 Å². The molecule has 2 fully saturated rings. The molecule has 0 saturated carbocycles. The van der Waals surface area contributed by atoms with Gasteiger partial charge in [0.1, 0.15) is 5.52 Å². The van der Waals surface area contributed by atoms with Crippen molar-refractivity contribution in [3.05, 3.63) is 22.9 Å². The molecule has 1 N–H and O–H groups in total. The van der Waals surface area contributed by atoms with E-state index < -0.39 is 5.82 Å². The molecule has 4 nitrogen and oxygen atoms in total. The molecule has 2 aliphatic rings. The van der Waals surface area contributed by atoms with E-state index in [0.29, 0.717) is 34.1 Å². The van der Waals surface area contributed by atoms with Crippen molar-refractivity contribution in [3.8, 4) is 0 Å². The number of nitrogens with one attached hydrogen (secondary N) is 1. The summed E-state index contributed by atoms with van der Waals surface area (Å²) >= 11 is 7.24. The molecule has 2 aromatic heterocycles. The largest absolute Gasteiger partial charge is 0.311 e. The van der Waals surface area contributed by atoms with Gasteiger partial charge in [0.2, 0.25) is 0 Å². The van der Waals surface area contributed by atoms with Crippen LogP contribution in [-0.4, -0.2) is 33.3 Å². The smallest absolute Gasteiger partial charge is 0.188 e. The van der Waals surface area contributed by atoms with Crippen molar-refractivity contribution in [1.29, 1.82) is 0 Å². The van der Waals surface area contributed by atoms with Crippen LogP contribution in [0.4, 0.5) is 4.39 Å². The molecule has 3 atom stereocenters. The summed E-state index contributed by atoms with van der Waals surface area (Å²) in [7, 11) is 0. The highest BCUT2D eigenvalue weighted by Gasteiger charge is 2.35. The molecule has 2 bridgehead atoms. The minimum absolute atomic E-state index is 0.130. The van der Waals surface area contributed by atoms with Crippen LogP contribution in [0.1, 0.15) is 37.3 Å². The van der Waals surface area contributed by atoms with Crippen molar-refractivity contribution in [1.82, 2.24) is 20.3 Å². The topological polar surface area (TPSA) is 50.7 Å². The number of hydrogen-bond donors (Lipinski definition) is 1. The van der Waals surface area contributed by atoms with Crippen molar-refractivity contribution in [3.63, 3.8) is 0 Å². The quantitative estimate of drug-likeness (QED) is 0.515. The first-order valence-corrected chi connectivity index (χ1v) is 9.07. The van der Waals surface area contributed by atoms with Gasteiger partial charge in [-0.15, -0.1) is 0 Å². The fourth-order valence-electron chi connectivity index (χ4n) is 3.72. The number of piperidine rings is 1. The summed E-state index contributed by atoms with van der Waals surface area (Å²) < 4.78 is 14.3. The van der Waals surface area contributed by atoms with Gasteiger partial charge in [-0.3, -0.25) is 0 Å². The number of fused-ring (bicyclic) bond motifs is 3. The van der Waals surface area contributed by atoms with E-state index in [4.69, 9.17) is 11.6 Å². The molecule has 0 unspecified atom stereocenters. The van der Waals surface area contributed by atoms with Gasteiger partial charge in [0, 0.05) is 29.6 Å². The van der Waals surface area contributed by atoms with E-state index in [1.165, 1.54) is 24.6 Å². The summed E-state index contributed by atoms with van der Waals surface area (Å²) in [5.41, 5.74) is 1.22. The molecule has 2 aliphatic heterocycles. The molecule has 2 saturated heterocycles. The zero-order chi connectivity index (χ0) is 15.3. The first-order chi connectivity index (χ1) is 10.7. The molecule has 2 aromatic rings. The van der Waals surface area contributed by atoms with Crippen molar-refractivity contribution >= 4 is 34.3 Å². The Morgan fingerprint density at radius 1 is 1.27 bits per heavy atom. The summed E-state index contributed by atoms with van der Waals surface area (Å²) in [4.78, 5) is 12.9. The monoisotopic (exact) mass is 338 g/mol. The van der Waals surface area contributed by atoms with Gasteiger partial charge in [0.05, 0.1) is 5.69 Å². The van der Waals surface area contributed by atoms with Crippen molar-refractivity contribution < 1.29 is 4.39 Å². The number of aromatic nitrogens is 3. The molecule has 0 aromatic carbocycles. The Hall–Kier alpha value is -0.980. The zero-order valence-electron chi connectivity index (χ0n) is 12.1. The van der Waals surface area contributed by atoms with Gasteiger partial charge in [-0.05, 0) is 31.9 Å². The van der Waals surface area contributed by atoms with Crippen LogP contribution in [0.2, 0.25) is 5.15 Å². The summed E-state index contributed by atoms with van der Waals surface area (Å²) in [6, 6.07) is 1.10. The van der Waals surface area contributed by atoms with E-state index in [9.17, 15) is 4.39 Å². The van der Waals surface area contributed by atoms with Crippen LogP contribution >= 0.6 is 23.4 Å². The second-order valence-electron chi connectivity index (χ2n) is 6.03. The van der Waals surface area contributed by atoms with E-state index >= 15 is 0 Å². The van der Waals surface area contributed by atoms with Gasteiger partial charge in [-0.25, -0.2) is 19.3 Å².